The Morgan fingerprint density at radius 3 is 2.36 bits per heavy atom. The van der Waals surface area contributed by atoms with E-state index in [0.29, 0.717) is 6.42 Å². The number of rotatable bonds is 2. The highest BCUT2D eigenvalue weighted by molar-refractivity contribution is 5.45. The van der Waals surface area contributed by atoms with E-state index >= 15 is 0 Å². The third kappa shape index (κ3) is 1.85. The van der Waals surface area contributed by atoms with E-state index in [4.69, 9.17) is 11.5 Å². The number of nitrogens with two attached hydrogens (primary N) is 2. The van der Waals surface area contributed by atoms with Gasteiger partial charge in [-0.25, -0.2) is 8.78 Å². The Balaban J connectivity index is 3.29. The normalized spacial score (nSPS) is 15.2. The molecule has 1 atom stereocenters. The molecular weight excluding hydrogens is 186 g/mol. The maximum atomic E-state index is 13.3. The van der Waals surface area contributed by atoms with Gasteiger partial charge in [0.2, 0.25) is 0 Å². The summed E-state index contributed by atoms with van der Waals surface area (Å²) in [7, 11) is 0. The van der Waals surface area contributed by atoms with E-state index in [1.807, 2.05) is 6.92 Å². The molecule has 0 spiro atoms. The smallest absolute Gasteiger partial charge is 0.149 e. The van der Waals surface area contributed by atoms with Gasteiger partial charge in [0.15, 0.2) is 0 Å². The second-order valence-electron chi connectivity index (χ2n) is 3.62. The lowest BCUT2D eigenvalue weighted by Gasteiger charge is -2.24. The molecule has 0 heterocycles. The molecule has 0 saturated carbocycles. The molecule has 0 aromatic heterocycles. The fourth-order valence-corrected chi connectivity index (χ4v) is 1.19. The second-order valence-corrected chi connectivity index (χ2v) is 3.62. The van der Waals surface area contributed by atoms with Crippen molar-refractivity contribution < 1.29 is 8.78 Å². The van der Waals surface area contributed by atoms with Crippen molar-refractivity contribution in [3.63, 3.8) is 0 Å². The van der Waals surface area contributed by atoms with Gasteiger partial charge in [-0.1, -0.05) is 6.92 Å². The molecule has 0 fully saturated rings. The number of hydrogen-bond donors (Lipinski definition) is 2. The largest absolute Gasteiger partial charge is 0.396 e. The molecule has 0 amide bonds. The zero-order valence-corrected chi connectivity index (χ0v) is 8.27. The average molecular weight is 200 g/mol. The number of halogens is 2. The molecule has 78 valence electrons. The first-order valence-electron chi connectivity index (χ1n) is 4.42. The molecule has 2 nitrogen and oxygen atoms in total. The molecule has 0 radical (unpaired) electrons. The third-order valence-electron chi connectivity index (χ3n) is 2.44. The molecule has 0 aliphatic heterocycles. The Bertz CT molecular complexity index is 348. The fraction of sp³-hybridized carbons (Fsp3) is 0.400. The molecule has 4 heteroatoms. The predicted octanol–water partition coefficient (Wildman–Crippen LogP) is 2.13. The van der Waals surface area contributed by atoms with E-state index in [1.54, 1.807) is 6.92 Å². The molecule has 1 aromatic rings. The number of nitrogen functional groups attached to an aromatic ring is 1. The summed E-state index contributed by atoms with van der Waals surface area (Å²) in [5.41, 5.74) is 10.5. The Morgan fingerprint density at radius 1 is 1.29 bits per heavy atom. The van der Waals surface area contributed by atoms with Gasteiger partial charge in [-0.15, -0.1) is 0 Å². The highest BCUT2D eigenvalue weighted by Gasteiger charge is 2.23. The quantitative estimate of drug-likeness (QED) is 0.718. The van der Waals surface area contributed by atoms with Gasteiger partial charge in [0.1, 0.15) is 11.6 Å². The minimum absolute atomic E-state index is 0.0773. The molecule has 1 unspecified atom stereocenters. The maximum absolute atomic E-state index is 13.3. The first-order valence-corrected chi connectivity index (χ1v) is 4.42. The van der Waals surface area contributed by atoms with Crippen molar-refractivity contribution in [3.05, 3.63) is 29.3 Å². The highest BCUT2D eigenvalue weighted by Crippen LogP contribution is 2.27. The summed E-state index contributed by atoms with van der Waals surface area (Å²) >= 11 is 0. The van der Waals surface area contributed by atoms with Crippen LogP contribution in [0.25, 0.3) is 0 Å². The van der Waals surface area contributed by atoms with Gasteiger partial charge in [-0.3, -0.25) is 0 Å². The van der Waals surface area contributed by atoms with Crippen LogP contribution in [-0.2, 0) is 5.54 Å². The topological polar surface area (TPSA) is 52.0 Å². The van der Waals surface area contributed by atoms with Crippen LogP contribution >= 0.6 is 0 Å². The molecule has 1 rings (SSSR count). The average Bonchev–Trinajstić information content (AvgIpc) is 2.11. The van der Waals surface area contributed by atoms with Gasteiger partial charge in [0.25, 0.3) is 0 Å². The summed E-state index contributed by atoms with van der Waals surface area (Å²) in [5, 5.41) is 0. The van der Waals surface area contributed by atoms with Crippen LogP contribution in [0.15, 0.2) is 12.1 Å². The Hall–Kier alpha value is -1.16. The molecule has 0 saturated heterocycles. The van der Waals surface area contributed by atoms with Crippen LogP contribution in [-0.4, -0.2) is 0 Å². The van der Waals surface area contributed by atoms with E-state index in [-0.39, 0.29) is 11.3 Å². The summed E-state index contributed by atoms with van der Waals surface area (Å²) in [6.07, 6.45) is 0.551. The van der Waals surface area contributed by atoms with Crippen LogP contribution in [0.1, 0.15) is 25.8 Å². The van der Waals surface area contributed by atoms with Crippen molar-refractivity contribution in [2.45, 2.75) is 25.8 Å². The van der Waals surface area contributed by atoms with Crippen LogP contribution < -0.4 is 11.5 Å². The van der Waals surface area contributed by atoms with E-state index < -0.39 is 17.2 Å². The minimum atomic E-state index is -0.814. The molecule has 4 N–H and O–H groups in total. The monoisotopic (exact) mass is 200 g/mol. The standard InChI is InChI=1S/C10H14F2N2/c1-3-10(2,14)6-4-9(13)8(12)5-7(6)11/h4-5H,3,13-14H2,1-2H3. The summed E-state index contributed by atoms with van der Waals surface area (Å²) < 4.78 is 26.2. The van der Waals surface area contributed by atoms with Crippen LogP contribution in [0, 0.1) is 11.6 Å². The Kier molecular flexibility index (Phi) is 2.76. The van der Waals surface area contributed by atoms with Crippen LogP contribution in [0.5, 0.6) is 0 Å². The van der Waals surface area contributed by atoms with Gasteiger partial charge in [-0.2, -0.15) is 0 Å². The number of benzene rings is 1. The lowest BCUT2D eigenvalue weighted by Crippen LogP contribution is -2.33. The van der Waals surface area contributed by atoms with Gasteiger partial charge in [-0.05, 0) is 19.4 Å². The Labute approximate surface area is 81.9 Å². The zero-order chi connectivity index (χ0) is 10.9. The van der Waals surface area contributed by atoms with Gasteiger partial charge < -0.3 is 11.5 Å². The first kappa shape index (κ1) is 10.9. The first-order chi connectivity index (χ1) is 6.38. The van der Waals surface area contributed by atoms with Crippen LogP contribution in [0.2, 0.25) is 0 Å². The molecule has 14 heavy (non-hydrogen) atoms. The zero-order valence-electron chi connectivity index (χ0n) is 8.27. The predicted molar refractivity (Wildman–Crippen MR) is 52.6 cm³/mol. The maximum Gasteiger partial charge on any atom is 0.149 e. The lowest BCUT2D eigenvalue weighted by molar-refractivity contribution is 0.442. The van der Waals surface area contributed by atoms with Gasteiger partial charge >= 0.3 is 0 Å². The van der Waals surface area contributed by atoms with Crippen molar-refractivity contribution in [1.82, 2.24) is 0 Å². The molecule has 0 aliphatic rings. The van der Waals surface area contributed by atoms with E-state index in [0.717, 1.165) is 6.07 Å². The van der Waals surface area contributed by atoms with Crippen molar-refractivity contribution >= 4 is 5.69 Å². The van der Waals surface area contributed by atoms with Crippen LogP contribution in [0.4, 0.5) is 14.5 Å². The van der Waals surface area contributed by atoms with Crippen LogP contribution in [0.3, 0.4) is 0 Å². The SMILES string of the molecule is CCC(C)(N)c1cc(N)c(F)cc1F. The number of hydrogen-bond acceptors (Lipinski definition) is 2. The van der Waals surface area contributed by atoms with E-state index in [2.05, 4.69) is 0 Å². The van der Waals surface area contributed by atoms with Crippen molar-refractivity contribution in [1.29, 1.82) is 0 Å². The second kappa shape index (κ2) is 3.53. The summed E-state index contributed by atoms with van der Waals surface area (Å²) in [5.74, 6) is -1.40. The van der Waals surface area contributed by atoms with Gasteiger partial charge in [0.05, 0.1) is 5.69 Å². The molecule has 0 aliphatic carbocycles. The fourth-order valence-electron chi connectivity index (χ4n) is 1.19. The van der Waals surface area contributed by atoms with Crippen molar-refractivity contribution in [2.75, 3.05) is 5.73 Å². The third-order valence-corrected chi connectivity index (χ3v) is 2.44. The van der Waals surface area contributed by atoms with E-state index in [9.17, 15) is 8.78 Å². The van der Waals surface area contributed by atoms with Crippen molar-refractivity contribution in [3.8, 4) is 0 Å². The summed E-state index contributed by atoms with van der Waals surface area (Å²) in [6.45, 7) is 3.52. The molecule has 0 bridgehead atoms. The van der Waals surface area contributed by atoms with Gasteiger partial charge in [0, 0.05) is 17.2 Å². The number of anilines is 1. The molecular formula is C10H14F2N2. The highest BCUT2D eigenvalue weighted by atomic mass is 19.1. The molecule has 1 aromatic carbocycles. The lowest BCUT2D eigenvalue weighted by atomic mass is 9.90. The Morgan fingerprint density at radius 2 is 1.86 bits per heavy atom. The van der Waals surface area contributed by atoms with E-state index in [1.165, 1.54) is 6.07 Å². The summed E-state index contributed by atoms with van der Waals surface area (Å²) in [6, 6.07) is 2.03. The summed E-state index contributed by atoms with van der Waals surface area (Å²) in [4.78, 5) is 0. The minimum Gasteiger partial charge on any atom is -0.396 e. The van der Waals surface area contributed by atoms with Crippen molar-refractivity contribution in [2.24, 2.45) is 5.73 Å².